The average molecular weight is 457 g/mol. The van der Waals surface area contributed by atoms with Crippen LogP contribution in [0.25, 0.3) is 11.4 Å². The maximum absolute atomic E-state index is 14.5. The monoisotopic (exact) mass is 456 g/mol. The Bertz CT molecular complexity index is 1060. The van der Waals surface area contributed by atoms with Crippen LogP contribution in [0.4, 0.5) is 8.78 Å². The van der Waals surface area contributed by atoms with Crippen molar-refractivity contribution < 1.29 is 13.6 Å². The van der Waals surface area contributed by atoms with E-state index in [1.807, 2.05) is 11.5 Å². The van der Waals surface area contributed by atoms with Gasteiger partial charge in [0.25, 0.3) is 0 Å². The number of rotatable bonds is 7. The van der Waals surface area contributed by atoms with Crippen molar-refractivity contribution in [3.63, 3.8) is 0 Å². The van der Waals surface area contributed by atoms with Crippen LogP contribution >= 0.6 is 11.8 Å². The molecule has 0 aliphatic heterocycles. The molecule has 1 saturated carbocycles. The molecule has 0 saturated heterocycles. The lowest BCUT2D eigenvalue weighted by Gasteiger charge is -2.25. The zero-order valence-corrected chi connectivity index (χ0v) is 18.7. The number of nitrogens with one attached hydrogen (secondary N) is 1. The van der Waals surface area contributed by atoms with Gasteiger partial charge in [0.2, 0.25) is 5.91 Å². The first-order valence-corrected chi connectivity index (χ1v) is 11.9. The molecule has 1 aromatic heterocycles. The normalized spacial score (nSPS) is 15.5. The third-order valence-electron chi connectivity index (χ3n) is 5.80. The maximum atomic E-state index is 14.5. The molecule has 168 valence electrons. The van der Waals surface area contributed by atoms with Crippen molar-refractivity contribution in [1.29, 1.82) is 0 Å². The molecular weight excluding hydrogens is 430 g/mol. The predicted octanol–water partition coefficient (Wildman–Crippen LogP) is 5.70. The number of hydrogen-bond donors (Lipinski definition) is 1. The molecule has 0 bridgehead atoms. The van der Waals surface area contributed by atoms with E-state index in [0.29, 0.717) is 16.5 Å². The first-order valence-electron chi connectivity index (χ1n) is 10.9. The van der Waals surface area contributed by atoms with Crippen molar-refractivity contribution in [1.82, 2.24) is 20.1 Å². The summed E-state index contributed by atoms with van der Waals surface area (Å²) in [4.78, 5) is 12.6. The van der Waals surface area contributed by atoms with E-state index in [4.69, 9.17) is 0 Å². The molecule has 1 aliphatic rings. The third kappa shape index (κ3) is 5.18. The predicted molar refractivity (Wildman–Crippen MR) is 121 cm³/mol. The minimum absolute atomic E-state index is 0.155. The van der Waals surface area contributed by atoms with Crippen molar-refractivity contribution in [3.05, 3.63) is 65.7 Å². The van der Waals surface area contributed by atoms with Gasteiger partial charge in [-0.25, -0.2) is 8.78 Å². The minimum Gasteiger partial charge on any atom is -0.349 e. The van der Waals surface area contributed by atoms with Crippen LogP contribution in [0, 0.1) is 11.6 Å². The molecule has 1 heterocycles. The molecule has 0 radical (unpaired) electrons. The molecule has 8 heteroatoms. The van der Waals surface area contributed by atoms with Gasteiger partial charge in [-0.3, -0.25) is 9.36 Å². The van der Waals surface area contributed by atoms with Crippen molar-refractivity contribution in [2.45, 2.75) is 56.3 Å². The highest BCUT2D eigenvalue weighted by molar-refractivity contribution is 7.99. The molecular formula is C24H26F2N4OS. The number of benzene rings is 2. The number of halogens is 2. The fourth-order valence-corrected chi connectivity index (χ4v) is 4.93. The summed E-state index contributed by atoms with van der Waals surface area (Å²) in [5.74, 6) is -0.127. The molecule has 0 unspecified atom stereocenters. The highest BCUT2D eigenvalue weighted by Crippen LogP contribution is 2.36. The highest BCUT2D eigenvalue weighted by atomic mass is 32.2. The molecule has 1 fully saturated rings. The van der Waals surface area contributed by atoms with Gasteiger partial charge < -0.3 is 5.32 Å². The van der Waals surface area contributed by atoms with Crippen molar-refractivity contribution in [2.24, 2.45) is 0 Å². The van der Waals surface area contributed by atoms with E-state index in [2.05, 4.69) is 15.5 Å². The second-order valence-electron chi connectivity index (χ2n) is 8.08. The summed E-state index contributed by atoms with van der Waals surface area (Å²) in [6.07, 6.45) is 5.39. The van der Waals surface area contributed by atoms with E-state index in [0.717, 1.165) is 31.2 Å². The van der Waals surface area contributed by atoms with Gasteiger partial charge in [-0.2, -0.15) is 0 Å². The van der Waals surface area contributed by atoms with Crippen molar-refractivity contribution >= 4 is 17.7 Å². The SMILES string of the molecule is C[C@H](NC(=O)CSc1nnc(-c2ccccc2F)n1C1CCCCC1)c1ccc(F)cc1. The minimum atomic E-state index is -0.334. The van der Waals surface area contributed by atoms with Gasteiger partial charge in [-0.05, 0) is 49.6 Å². The van der Waals surface area contributed by atoms with Crippen LogP contribution in [0.15, 0.2) is 53.7 Å². The second kappa shape index (κ2) is 10.3. The fourth-order valence-electron chi connectivity index (χ4n) is 4.12. The molecule has 32 heavy (non-hydrogen) atoms. The lowest BCUT2D eigenvalue weighted by atomic mass is 9.95. The number of hydrogen-bond acceptors (Lipinski definition) is 4. The Kier molecular flexibility index (Phi) is 7.19. The first-order chi connectivity index (χ1) is 15.5. The van der Waals surface area contributed by atoms with Crippen molar-refractivity contribution in [2.75, 3.05) is 5.75 Å². The molecule has 3 aromatic rings. The van der Waals surface area contributed by atoms with Gasteiger partial charge in [0.1, 0.15) is 11.6 Å². The van der Waals surface area contributed by atoms with Gasteiger partial charge in [0.05, 0.1) is 17.4 Å². The largest absolute Gasteiger partial charge is 0.349 e. The molecule has 2 aromatic carbocycles. The van der Waals surface area contributed by atoms with E-state index < -0.39 is 0 Å². The summed E-state index contributed by atoms with van der Waals surface area (Å²) in [5.41, 5.74) is 1.25. The van der Waals surface area contributed by atoms with Gasteiger partial charge >= 0.3 is 0 Å². The summed E-state index contributed by atoms with van der Waals surface area (Å²) in [6, 6.07) is 12.6. The molecule has 1 amide bonds. The van der Waals surface area contributed by atoms with Gasteiger partial charge in [-0.1, -0.05) is 55.3 Å². The van der Waals surface area contributed by atoms with Gasteiger partial charge in [-0.15, -0.1) is 10.2 Å². The Labute approximate surface area is 190 Å². The molecule has 1 N–H and O–H groups in total. The number of carbonyl (C=O) groups excluding carboxylic acids is 1. The Hall–Kier alpha value is -2.74. The van der Waals surface area contributed by atoms with Crippen LogP contribution in [-0.4, -0.2) is 26.4 Å². The number of thioether (sulfide) groups is 1. The van der Waals surface area contributed by atoms with Crippen molar-refractivity contribution in [3.8, 4) is 11.4 Å². The smallest absolute Gasteiger partial charge is 0.230 e. The van der Waals surface area contributed by atoms with Crippen LogP contribution in [0.2, 0.25) is 0 Å². The highest BCUT2D eigenvalue weighted by Gasteiger charge is 2.25. The Morgan fingerprint density at radius 3 is 2.53 bits per heavy atom. The maximum Gasteiger partial charge on any atom is 0.230 e. The molecule has 4 rings (SSSR count). The van der Waals surface area contributed by atoms with E-state index in [1.165, 1.54) is 36.4 Å². The van der Waals surface area contributed by atoms with Crippen LogP contribution in [0.5, 0.6) is 0 Å². The molecule has 1 aliphatic carbocycles. The Morgan fingerprint density at radius 1 is 1.09 bits per heavy atom. The lowest BCUT2D eigenvalue weighted by Crippen LogP contribution is -2.28. The topological polar surface area (TPSA) is 59.8 Å². The van der Waals surface area contributed by atoms with Crippen LogP contribution in [0.3, 0.4) is 0 Å². The third-order valence-corrected chi connectivity index (χ3v) is 6.74. The number of nitrogens with zero attached hydrogens (tertiary/aromatic N) is 3. The summed E-state index contributed by atoms with van der Waals surface area (Å²) < 4.78 is 29.6. The van der Waals surface area contributed by atoms with E-state index >= 15 is 0 Å². The van der Waals surface area contributed by atoms with E-state index in [-0.39, 0.29) is 35.4 Å². The zero-order valence-electron chi connectivity index (χ0n) is 17.9. The Balaban J connectivity index is 1.50. The standard InChI is InChI=1S/C24H26F2N4OS/c1-16(17-11-13-18(25)14-12-17)27-22(31)15-32-24-29-28-23(20-9-5-6-10-21(20)26)30(24)19-7-3-2-4-8-19/h5-6,9-14,16,19H,2-4,7-8,15H2,1H3,(H,27,31)/t16-/m0/s1. The summed E-state index contributed by atoms with van der Waals surface area (Å²) in [6.45, 7) is 1.86. The van der Waals surface area contributed by atoms with E-state index in [9.17, 15) is 13.6 Å². The lowest BCUT2D eigenvalue weighted by molar-refractivity contribution is -0.119. The summed E-state index contributed by atoms with van der Waals surface area (Å²) in [5, 5.41) is 12.2. The van der Waals surface area contributed by atoms with Crippen LogP contribution in [-0.2, 0) is 4.79 Å². The number of aromatic nitrogens is 3. The van der Waals surface area contributed by atoms with Gasteiger partial charge in [0, 0.05) is 6.04 Å². The molecule has 1 atom stereocenters. The summed E-state index contributed by atoms with van der Waals surface area (Å²) >= 11 is 1.30. The van der Waals surface area contributed by atoms with Gasteiger partial charge in [0.15, 0.2) is 11.0 Å². The zero-order chi connectivity index (χ0) is 22.5. The average Bonchev–Trinajstić information content (AvgIpc) is 3.22. The number of carbonyl (C=O) groups is 1. The summed E-state index contributed by atoms with van der Waals surface area (Å²) in [7, 11) is 0. The van der Waals surface area contributed by atoms with Crippen LogP contribution in [0.1, 0.15) is 56.7 Å². The molecule has 0 spiro atoms. The molecule has 5 nitrogen and oxygen atoms in total. The first kappa shape index (κ1) is 22.5. The van der Waals surface area contributed by atoms with Crippen LogP contribution < -0.4 is 5.32 Å². The second-order valence-corrected chi connectivity index (χ2v) is 9.02. The quantitative estimate of drug-likeness (QED) is 0.464. The number of amides is 1. The fraction of sp³-hybridized carbons (Fsp3) is 0.375. The van der Waals surface area contributed by atoms with E-state index in [1.54, 1.807) is 30.3 Å². The Morgan fingerprint density at radius 2 is 1.81 bits per heavy atom.